The summed E-state index contributed by atoms with van der Waals surface area (Å²) < 4.78 is 1.92. The smallest absolute Gasteiger partial charge is 0.262 e. The highest BCUT2D eigenvalue weighted by Gasteiger charge is 2.39. The number of fused-ring (bicyclic) bond motifs is 1. The molecule has 1 amide bonds. The number of halogens is 1. The first-order chi connectivity index (χ1) is 12.5. The largest absolute Gasteiger partial charge is 0.333 e. The van der Waals surface area contributed by atoms with Crippen LogP contribution in [0, 0.1) is 18.3 Å². The van der Waals surface area contributed by atoms with Gasteiger partial charge in [-0.05, 0) is 49.9 Å². The van der Waals surface area contributed by atoms with E-state index in [4.69, 9.17) is 11.6 Å². The van der Waals surface area contributed by atoms with E-state index in [-0.39, 0.29) is 5.91 Å². The summed E-state index contributed by atoms with van der Waals surface area (Å²) in [6, 6.07) is 11.8. The lowest BCUT2D eigenvalue weighted by molar-refractivity contribution is 0.0886. The van der Waals surface area contributed by atoms with Crippen molar-refractivity contribution < 1.29 is 4.79 Å². The van der Waals surface area contributed by atoms with Crippen LogP contribution in [0.4, 0.5) is 0 Å². The Morgan fingerprint density at radius 1 is 1.42 bits per heavy atom. The van der Waals surface area contributed by atoms with Gasteiger partial charge < -0.3 is 5.32 Å². The average Bonchev–Trinajstić information content (AvgIpc) is 3.15. The summed E-state index contributed by atoms with van der Waals surface area (Å²) in [4.78, 5) is 14.2. The van der Waals surface area contributed by atoms with Crippen LogP contribution in [0.15, 0.2) is 30.3 Å². The first-order valence-electron chi connectivity index (χ1n) is 8.45. The molecule has 2 heterocycles. The number of nitrogens with one attached hydrogen (secondary N) is 1. The van der Waals surface area contributed by atoms with E-state index >= 15 is 0 Å². The second-order valence-electron chi connectivity index (χ2n) is 6.70. The number of carbonyl (C=O) groups excluding carboxylic acids is 1. The van der Waals surface area contributed by atoms with Gasteiger partial charge in [0.25, 0.3) is 5.91 Å². The number of thiophene rings is 1. The number of nitrogens with zero attached hydrogens (tertiary/aromatic N) is 3. The summed E-state index contributed by atoms with van der Waals surface area (Å²) in [7, 11) is 0. The second-order valence-corrected chi connectivity index (χ2v) is 8.17. The summed E-state index contributed by atoms with van der Waals surface area (Å²) in [6.45, 7) is 2.56. The molecule has 5 nitrogen and oxygen atoms in total. The maximum Gasteiger partial charge on any atom is 0.262 e. The van der Waals surface area contributed by atoms with E-state index < -0.39 is 5.54 Å². The van der Waals surface area contributed by atoms with Gasteiger partial charge in [0, 0.05) is 10.4 Å². The maximum atomic E-state index is 12.6. The average molecular weight is 385 g/mol. The van der Waals surface area contributed by atoms with Gasteiger partial charge in [-0.25, -0.2) is 0 Å². The van der Waals surface area contributed by atoms with Gasteiger partial charge in [0.2, 0.25) is 0 Å². The minimum absolute atomic E-state index is 0.176. The van der Waals surface area contributed by atoms with Crippen LogP contribution in [0.25, 0.3) is 10.2 Å². The first-order valence-corrected chi connectivity index (χ1v) is 9.64. The molecule has 0 unspecified atom stereocenters. The Labute approximate surface area is 160 Å². The molecule has 132 valence electrons. The standard InChI is InChI=1S/C19H17ClN4OS/c1-12-15-9-16(17(25)22-19(11-21)7-2-8-19)26-18(15)24(23-12)10-13-3-5-14(20)6-4-13/h3-6,9H,2,7-8,10H2,1H3,(H,22,25). The monoisotopic (exact) mass is 384 g/mol. The molecule has 1 fully saturated rings. The fourth-order valence-corrected chi connectivity index (χ4v) is 4.35. The van der Waals surface area contributed by atoms with Crippen molar-refractivity contribution in [2.75, 3.05) is 0 Å². The van der Waals surface area contributed by atoms with E-state index in [2.05, 4.69) is 16.5 Å². The zero-order chi connectivity index (χ0) is 18.3. The van der Waals surface area contributed by atoms with E-state index in [0.29, 0.717) is 16.4 Å². The molecule has 3 aromatic rings. The lowest BCUT2D eigenvalue weighted by Crippen LogP contribution is -2.52. The highest BCUT2D eigenvalue weighted by molar-refractivity contribution is 7.20. The van der Waals surface area contributed by atoms with Crippen LogP contribution in [0.3, 0.4) is 0 Å². The molecule has 0 atom stereocenters. The molecule has 0 radical (unpaired) electrons. The molecule has 1 aliphatic carbocycles. The van der Waals surface area contributed by atoms with E-state index in [1.807, 2.05) is 41.9 Å². The molecular weight excluding hydrogens is 368 g/mol. The number of amides is 1. The second kappa shape index (κ2) is 6.42. The molecular formula is C19H17ClN4OS. The van der Waals surface area contributed by atoms with Crippen LogP contribution in [-0.2, 0) is 6.54 Å². The van der Waals surface area contributed by atoms with Crippen molar-refractivity contribution in [3.63, 3.8) is 0 Å². The predicted molar refractivity (Wildman–Crippen MR) is 103 cm³/mol. The minimum Gasteiger partial charge on any atom is -0.333 e. The number of hydrogen-bond acceptors (Lipinski definition) is 4. The van der Waals surface area contributed by atoms with Gasteiger partial charge in [0.1, 0.15) is 10.4 Å². The molecule has 1 aliphatic rings. The quantitative estimate of drug-likeness (QED) is 0.729. The van der Waals surface area contributed by atoms with Crippen LogP contribution in [0.1, 0.15) is 40.2 Å². The number of aryl methyl sites for hydroxylation is 1. The molecule has 26 heavy (non-hydrogen) atoms. The Hall–Kier alpha value is -2.36. The molecule has 1 saturated carbocycles. The lowest BCUT2D eigenvalue weighted by Gasteiger charge is -2.35. The molecule has 0 saturated heterocycles. The van der Waals surface area contributed by atoms with E-state index in [0.717, 1.165) is 40.7 Å². The van der Waals surface area contributed by atoms with Crippen molar-refractivity contribution in [3.05, 3.63) is 51.5 Å². The van der Waals surface area contributed by atoms with Crippen LogP contribution in [0.5, 0.6) is 0 Å². The van der Waals surface area contributed by atoms with Gasteiger partial charge in [-0.1, -0.05) is 23.7 Å². The fourth-order valence-electron chi connectivity index (χ4n) is 3.17. The molecule has 7 heteroatoms. The third kappa shape index (κ3) is 2.98. The normalized spacial score (nSPS) is 15.4. The van der Waals surface area contributed by atoms with Gasteiger partial charge in [-0.2, -0.15) is 10.4 Å². The number of nitriles is 1. The van der Waals surface area contributed by atoms with Crippen LogP contribution < -0.4 is 5.32 Å². The van der Waals surface area contributed by atoms with Gasteiger partial charge >= 0.3 is 0 Å². The van der Waals surface area contributed by atoms with E-state index in [9.17, 15) is 10.1 Å². The maximum absolute atomic E-state index is 12.6. The van der Waals surface area contributed by atoms with Gasteiger partial charge in [0.15, 0.2) is 0 Å². The zero-order valence-electron chi connectivity index (χ0n) is 14.3. The SMILES string of the molecule is Cc1nn(Cc2ccc(Cl)cc2)c2sc(C(=O)NC3(C#N)CCC3)cc12. The summed E-state index contributed by atoms with van der Waals surface area (Å²) in [6.07, 6.45) is 2.43. The number of hydrogen-bond donors (Lipinski definition) is 1. The summed E-state index contributed by atoms with van der Waals surface area (Å²) in [5.41, 5.74) is 1.30. The van der Waals surface area contributed by atoms with E-state index in [1.165, 1.54) is 11.3 Å². The van der Waals surface area contributed by atoms with Crippen molar-refractivity contribution in [1.29, 1.82) is 5.26 Å². The van der Waals surface area contributed by atoms with Crippen molar-refractivity contribution >= 4 is 39.1 Å². The van der Waals surface area contributed by atoms with Gasteiger partial charge in [-0.3, -0.25) is 9.48 Å². The predicted octanol–water partition coefficient (Wildman–Crippen LogP) is 4.28. The van der Waals surface area contributed by atoms with Gasteiger partial charge in [-0.15, -0.1) is 11.3 Å². The first kappa shape index (κ1) is 17.1. The number of benzene rings is 1. The van der Waals surface area contributed by atoms with E-state index in [1.54, 1.807) is 0 Å². The Morgan fingerprint density at radius 2 is 2.15 bits per heavy atom. The third-order valence-corrected chi connectivity index (χ3v) is 6.25. The Morgan fingerprint density at radius 3 is 2.77 bits per heavy atom. The topological polar surface area (TPSA) is 70.7 Å². The number of rotatable bonds is 4. The molecule has 2 aromatic heterocycles. The molecule has 1 N–H and O–H groups in total. The fraction of sp³-hybridized carbons (Fsp3) is 0.316. The number of carbonyl (C=O) groups is 1. The Bertz CT molecular complexity index is 1020. The zero-order valence-corrected chi connectivity index (χ0v) is 15.8. The molecule has 0 spiro atoms. The lowest BCUT2D eigenvalue weighted by atomic mass is 9.78. The summed E-state index contributed by atoms with van der Waals surface area (Å²) >= 11 is 7.36. The molecule has 1 aromatic carbocycles. The molecule has 0 aliphatic heterocycles. The molecule has 0 bridgehead atoms. The molecule has 4 rings (SSSR count). The van der Waals surface area contributed by atoms with Crippen molar-refractivity contribution in [3.8, 4) is 6.07 Å². The van der Waals surface area contributed by atoms with Crippen LogP contribution in [-0.4, -0.2) is 21.2 Å². The van der Waals surface area contributed by atoms with Crippen molar-refractivity contribution in [2.24, 2.45) is 0 Å². The van der Waals surface area contributed by atoms with Crippen molar-refractivity contribution in [2.45, 2.75) is 38.3 Å². The highest BCUT2D eigenvalue weighted by atomic mass is 35.5. The highest BCUT2D eigenvalue weighted by Crippen LogP contribution is 2.33. The van der Waals surface area contributed by atoms with Crippen molar-refractivity contribution in [1.82, 2.24) is 15.1 Å². The van der Waals surface area contributed by atoms with Crippen LogP contribution in [0.2, 0.25) is 5.02 Å². The van der Waals surface area contributed by atoms with Gasteiger partial charge in [0.05, 0.1) is 23.2 Å². The Kier molecular flexibility index (Phi) is 4.22. The number of aromatic nitrogens is 2. The minimum atomic E-state index is -0.683. The summed E-state index contributed by atoms with van der Waals surface area (Å²) in [5, 5.41) is 18.5. The summed E-state index contributed by atoms with van der Waals surface area (Å²) in [5.74, 6) is -0.176. The third-order valence-electron chi connectivity index (χ3n) is 4.85. The Balaban J connectivity index is 1.62. The van der Waals surface area contributed by atoms with Crippen LogP contribution >= 0.6 is 22.9 Å².